The van der Waals surface area contributed by atoms with Gasteiger partial charge in [0.25, 0.3) is 0 Å². The third kappa shape index (κ3) is 3.56. The Morgan fingerprint density at radius 1 is 0.609 bits per heavy atom. The predicted octanol–water partition coefficient (Wildman–Crippen LogP) is 7.08. The highest BCUT2D eigenvalue weighted by Crippen LogP contribution is 2.31. The third-order valence-corrected chi connectivity index (χ3v) is 4.85. The molecule has 1 heteroatoms. The standard InChI is InChI=1S/C22H21Br/c1-22(2,3)19-14-12-17(13-15-19)16-8-10-18(11-9-16)20-6-4-5-7-21(20)23/h4-15H,1-3H3. The second-order valence-electron chi connectivity index (χ2n) is 6.88. The molecule has 3 aromatic rings. The van der Waals surface area contributed by atoms with Gasteiger partial charge in [-0.2, -0.15) is 0 Å². The first kappa shape index (κ1) is 16.0. The van der Waals surface area contributed by atoms with Gasteiger partial charge in [-0.3, -0.25) is 0 Å². The van der Waals surface area contributed by atoms with Crippen molar-refractivity contribution in [2.45, 2.75) is 26.2 Å². The normalized spacial score (nSPS) is 11.5. The van der Waals surface area contributed by atoms with Gasteiger partial charge in [0, 0.05) is 4.47 Å². The van der Waals surface area contributed by atoms with Crippen molar-refractivity contribution in [3.05, 3.63) is 82.8 Å². The van der Waals surface area contributed by atoms with E-state index in [1.54, 1.807) is 0 Å². The van der Waals surface area contributed by atoms with Crippen LogP contribution in [0.1, 0.15) is 26.3 Å². The van der Waals surface area contributed by atoms with E-state index >= 15 is 0 Å². The Kier molecular flexibility index (Phi) is 4.41. The number of benzene rings is 3. The fourth-order valence-electron chi connectivity index (χ4n) is 2.70. The average Bonchev–Trinajstić information content (AvgIpc) is 2.55. The molecule has 0 aliphatic heterocycles. The summed E-state index contributed by atoms with van der Waals surface area (Å²) in [7, 11) is 0. The minimum Gasteiger partial charge on any atom is -0.0616 e. The van der Waals surface area contributed by atoms with Crippen LogP contribution in [0.25, 0.3) is 22.3 Å². The molecule has 0 atom stereocenters. The molecule has 116 valence electrons. The van der Waals surface area contributed by atoms with E-state index in [4.69, 9.17) is 0 Å². The minimum absolute atomic E-state index is 0.196. The van der Waals surface area contributed by atoms with Gasteiger partial charge >= 0.3 is 0 Å². The van der Waals surface area contributed by atoms with Crippen LogP contribution >= 0.6 is 15.9 Å². The highest BCUT2D eigenvalue weighted by Gasteiger charge is 2.13. The van der Waals surface area contributed by atoms with Crippen LogP contribution in [-0.2, 0) is 5.41 Å². The van der Waals surface area contributed by atoms with Gasteiger partial charge < -0.3 is 0 Å². The predicted molar refractivity (Wildman–Crippen MR) is 104 cm³/mol. The van der Waals surface area contributed by atoms with Crippen molar-refractivity contribution in [3.63, 3.8) is 0 Å². The minimum atomic E-state index is 0.196. The molecule has 0 amide bonds. The van der Waals surface area contributed by atoms with Crippen LogP contribution in [0.5, 0.6) is 0 Å². The fourth-order valence-corrected chi connectivity index (χ4v) is 3.21. The Hall–Kier alpha value is -1.86. The Labute approximate surface area is 147 Å². The van der Waals surface area contributed by atoms with E-state index in [0.717, 1.165) is 4.47 Å². The Balaban J connectivity index is 1.89. The summed E-state index contributed by atoms with van der Waals surface area (Å²) in [6, 6.07) is 26.0. The zero-order valence-corrected chi connectivity index (χ0v) is 15.4. The molecule has 0 spiro atoms. The zero-order chi connectivity index (χ0) is 16.4. The van der Waals surface area contributed by atoms with E-state index in [0.29, 0.717) is 0 Å². The molecule has 0 aliphatic carbocycles. The van der Waals surface area contributed by atoms with E-state index < -0.39 is 0 Å². The maximum atomic E-state index is 3.62. The SMILES string of the molecule is CC(C)(C)c1ccc(-c2ccc(-c3ccccc3Br)cc2)cc1. The molecule has 0 saturated heterocycles. The van der Waals surface area contributed by atoms with Gasteiger partial charge in [0.2, 0.25) is 0 Å². The molecule has 0 unspecified atom stereocenters. The Bertz CT molecular complexity index is 791. The summed E-state index contributed by atoms with van der Waals surface area (Å²) in [5, 5.41) is 0. The van der Waals surface area contributed by atoms with Crippen LogP contribution in [0.4, 0.5) is 0 Å². The van der Waals surface area contributed by atoms with E-state index in [-0.39, 0.29) is 5.41 Å². The van der Waals surface area contributed by atoms with Crippen LogP contribution in [0.15, 0.2) is 77.3 Å². The number of hydrogen-bond acceptors (Lipinski definition) is 0. The lowest BCUT2D eigenvalue weighted by atomic mass is 9.86. The molecule has 0 fully saturated rings. The summed E-state index contributed by atoms with van der Waals surface area (Å²) in [6.07, 6.45) is 0. The molecule has 0 radical (unpaired) electrons. The fraction of sp³-hybridized carbons (Fsp3) is 0.182. The summed E-state index contributed by atoms with van der Waals surface area (Å²) in [4.78, 5) is 0. The largest absolute Gasteiger partial charge is 0.0616 e. The van der Waals surface area contributed by atoms with E-state index in [1.807, 2.05) is 6.07 Å². The number of hydrogen-bond donors (Lipinski definition) is 0. The van der Waals surface area contributed by atoms with Gasteiger partial charge in [-0.25, -0.2) is 0 Å². The van der Waals surface area contributed by atoms with Crippen molar-refractivity contribution in [2.24, 2.45) is 0 Å². The van der Waals surface area contributed by atoms with Gasteiger partial charge in [-0.15, -0.1) is 0 Å². The molecule has 23 heavy (non-hydrogen) atoms. The molecule has 0 saturated carbocycles. The van der Waals surface area contributed by atoms with E-state index in [2.05, 4.69) is 103 Å². The summed E-state index contributed by atoms with van der Waals surface area (Å²) in [6.45, 7) is 6.73. The maximum absolute atomic E-state index is 3.62. The van der Waals surface area contributed by atoms with Crippen molar-refractivity contribution in [2.75, 3.05) is 0 Å². The number of rotatable bonds is 2. The van der Waals surface area contributed by atoms with Crippen molar-refractivity contribution < 1.29 is 0 Å². The Morgan fingerprint density at radius 3 is 1.61 bits per heavy atom. The highest BCUT2D eigenvalue weighted by atomic mass is 79.9. The van der Waals surface area contributed by atoms with E-state index in [9.17, 15) is 0 Å². The summed E-state index contributed by atoms with van der Waals surface area (Å²) in [5.74, 6) is 0. The zero-order valence-electron chi connectivity index (χ0n) is 13.8. The molecule has 3 rings (SSSR count). The molecule has 0 aromatic heterocycles. The first-order valence-corrected chi connectivity index (χ1v) is 8.70. The summed E-state index contributed by atoms with van der Waals surface area (Å²) < 4.78 is 1.13. The van der Waals surface area contributed by atoms with Gasteiger partial charge in [-0.1, -0.05) is 103 Å². The summed E-state index contributed by atoms with van der Waals surface area (Å²) in [5.41, 5.74) is 6.53. The van der Waals surface area contributed by atoms with Crippen LogP contribution in [0, 0.1) is 0 Å². The van der Waals surface area contributed by atoms with Crippen LogP contribution in [-0.4, -0.2) is 0 Å². The average molecular weight is 365 g/mol. The van der Waals surface area contributed by atoms with Crippen molar-refractivity contribution in [3.8, 4) is 22.3 Å². The van der Waals surface area contributed by atoms with Crippen LogP contribution in [0.2, 0.25) is 0 Å². The first-order chi connectivity index (χ1) is 10.9. The summed E-state index contributed by atoms with van der Waals surface area (Å²) >= 11 is 3.62. The smallest absolute Gasteiger partial charge is 0.0253 e. The molecular weight excluding hydrogens is 344 g/mol. The van der Waals surface area contributed by atoms with Crippen LogP contribution in [0.3, 0.4) is 0 Å². The molecule has 0 bridgehead atoms. The molecular formula is C22H21Br. The second kappa shape index (κ2) is 6.33. The van der Waals surface area contributed by atoms with Gasteiger partial charge in [0.1, 0.15) is 0 Å². The third-order valence-electron chi connectivity index (χ3n) is 4.15. The van der Waals surface area contributed by atoms with Crippen molar-refractivity contribution in [1.29, 1.82) is 0 Å². The highest BCUT2D eigenvalue weighted by molar-refractivity contribution is 9.10. The van der Waals surface area contributed by atoms with Gasteiger partial charge in [-0.05, 0) is 39.3 Å². The molecule has 0 aliphatic rings. The monoisotopic (exact) mass is 364 g/mol. The lowest BCUT2D eigenvalue weighted by Gasteiger charge is -2.19. The molecule has 3 aromatic carbocycles. The second-order valence-corrected chi connectivity index (χ2v) is 7.74. The quantitative estimate of drug-likeness (QED) is 0.455. The molecule has 0 heterocycles. The van der Waals surface area contributed by atoms with E-state index in [1.165, 1.54) is 27.8 Å². The number of halogens is 1. The van der Waals surface area contributed by atoms with Crippen molar-refractivity contribution >= 4 is 15.9 Å². The van der Waals surface area contributed by atoms with Crippen LogP contribution < -0.4 is 0 Å². The van der Waals surface area contributed by atoms with Gasteiger partial charge in [0.05, 0.1) is 0 Å². The lowest BCUT2D eigenvalue weighted by molar-refractivity contribution is 0.590. The topological polar surface area (TPSA) is 0 Å². The Morgan fingerprint density at radius 2 is 1.09 bits per heavy atom. The maximum Gasteiger partial charge on any atom is 0.0253 e. The molecule has 0 nitrogen and oxygen atoms in total. The lowest BCUT2D eigenvalue weighted by Crippen LogP contribution is -2.10. The van der Waals surface area contributed by atoms with Gasteiger partial charge in [0.15, 0.2) is 0 Å². The first-order valence-electron chi connectivity index (χ1n) is 7.91. The molecule has 0 N–H and O–H groups in total. The van der Waals surface area contributed by atoms with Crippen molar-refractivity contribution in [1.82, 2.24) is 0 Å².